The van der Waals surface area contributed by atoms with Gasteiger partial charge in [-0.15, -0.1) is 0 Å². The van der Waals surface area contributed by atoms with E-state index in [1.54, 1.807) is 0 Å². The van der Waals surface area contributed by atoms with E-state index < -0.39 is 17.9 Å². The lowest BCUT2D eigenvalue weighted by molar-refractivity contribution is -0.137. The van der Waals surface area contributed by atoms with Gasteiger partial charge in [0.15, 0.2) is 0 Å². The quantitative estimate of drug-likeness (QED) is 0.743. The first-order valence-electron chi connectivity index (χ1n) is 8.27. The van der Waals surface area contributed by atoms with Crippen molar-refractivity contribution in [2.45, 2.75) is 39.2 Å². The summed E-state index contributed by atoms with van der Waals surface area (Å²) in [5.41, 5.74) is 2.39. The molecule has 0 spiro atoms. The third-order valence-electron chi connectivity index (χ3n) is 4.47. The summed E-state index contributed by atoms with van der Waals surface area (Å²) in [6.07, 6.45) is 1.72. The smallest absolute Gasteiger partial charge is 0.305 e. The van der Waals surface area contributed by atoms with Crippen LogP contribution in [0.3, 0.4) is 0 Å². The minimum atomic E-state index is -0.946. The Morgan fingerprint density at radius 2 is 2.04 bits per heavy atom. The minimum absolute atomic E-state index is 0.113. The van der Waals surface area contributed by atoms with Gasteiger partial charge in [-0.3, -0.25) is 19.5 Å². The van der Waals surface area contributed by atoms with Gasteiger partial charge in [-0.05, 0) is 49.8 Å². The number of carboxylic acids is 1. The molecular weight excluding hydrogens is 322 g/mol. The van der Waals surface area contributed by atoms with E-state index in [-0.39, 0.29) is 23.6 Å². The number of aryl methyl sites for hydroxylation is 2. The molecule has 1 unspecified atom stereocenters. The number of benzene rings is 1. The van der Waals surface area contributed by atoms with Crippen molar-refractivity contribution in [2.24, 2.45) is 5.92 Å². The van der Waals surface area contributed by atoms with Gasteiger partial charge in [-0.2, -0.15) is 0 Å². The molecule has 1 heterocycles. The molecule has 3 N–H and O–H groups in total. The fraction of sp³-hybridized carbons (Fsp3) is 0.389. The molecule has 25 heavy (non-hydrogen) atoms. The second kappa shape index (κ2) is 6.58. The molecule has 1 aromatic heterocycles. The molecule has 2 aromatic rings. The van der Waals surface area contributed by atoms with Crippen molar-refractivity contribution in [3.63, 3.8) is 0 Å². The highest BCUT2D eigenvalue weighted by atomic mass is 16.4. The van der Waals surface area contributed by atoms with E-state index in [9.17, 15) is 14.4 Å². The largest absolute Gasteiger partial charge is 0.481 e. The van der Waals surface area contributed by atoms with E-state index in [2.05, 4.69) is 10.4 Å². The minimum Gasteiger partial charge on any atom is -0.481 e. The number of hydrogen-bond acceptors (Lipinski definition) is 3. The summed E-state index contributed by atoms with van der Waals surface area (Å²) in [5, 5.41) is 14.6. The van der Waals surface area contributed by atoms with Crippen LogP contribution in [0, 0.1) is 19.8 Å². The molecule has 1 amide bonds. The third kappa shape index (κ3) is 3.81. The number of carbonyl (C=O) groups is 2. The van der Waals surface area contributed by atoms with Crippen molar-refractivity contribution < 1.29 is 14.7 Å². The van der Waals surface area contributed by atoms with Gasteiger partial charge >= 0.3 is 5.97 Å². The first kappa shape index (κ1) is 17.0. The lowest BCUT2D eigenvalue weighted by atomic mass is 10.1. The number of carboxylic acid groups (broad SMARTS) is 1. The van der Waals surface area contributed by atoms with Crippen molar-refractivity contribution in [2.75, 3.05) is 0 Å². The summed E-state index contributed by atoms with van der Waals surface area (Å²) in [6, 6.07) is 6.56. The maximum Gasteiger partial charge on any atom is 0.305 e. The zero-order valence-electron chi connectivity index (χ0n) is 14.2. The number of carbonyl (C=O) groups excluding carboxylic acids is 1. The van der Waals surface area contributed by atoms with E-state index in [4.69, 9.17) is 5.11 Å². The van der Waals surface area contributed by atoms with E-state index in [1.807, 2.05) is 32.0 Å². The van der Waals surface area contributed by atoms with Crippen LogP contribution in [0.25, 0.3) is 5.69 Å². The fourth-order valence-corrected chi connectivity index (χ4v) is 2.92. The standard InChI is InChI=1S/C18H21N3O4/c1-10-3-4-11(2)15(7-10)21-16(22)8-14(20-21)18(25)19-13(9-17(23)24)12-5-6-12/h3-4,7-8,12-13,20H,5-6,9H2,1-2H3,(H,19,25)(H,23,24). The van der Waals surface area contributed by atoms with Crippen molar-refractivity contribution in [1.82, 2.24) is 15.1 Å². The second-order valence-corrected chi connectivity index (χ2v) is 6.65. The third-order valence-corrected chi connectivity index (χ3v) is 4.47. The summed E-state index contributed by atoms with van der Waals surface area (Å²) in [5.74, 6) is -1.20. The Hall–Kier alpha value is -2.83. The molecule has 7 heteroatoms. The van der Waals surface area contributed by atoms with Gasteiger partial charge in [0, 0.05) is 12.1 Å². The van der Waals surface area contributed by atoms with Crippen LogP contribution in [-0.2, 0) is 4.79 Å². The van der Waals surface area contributed by atoms with Gasteiger partial charge in [0.25, 0.3) is 11.5 Å². The van der Waals surface area contributed by atoms with E-state index in [1.165, 1.54) is 10.7 Å². The zero-order valence-corrected chi connectivity index (χ0v) is 14.2. The van der Waals surface area contributed by atoms with E-state index >= 15 is 0 Å². The Balaban J connectivity index is 1.84. The highest BCUT2D eigenvalue weighted by Gasteiger charge is 2.34. The normalized spacial score (nSPS) is 15.0. The molecule has 3 rings (SSSR count). The van der Waals surface area contributed by atoms with Crippen LogP contribution < -0.4 is 10.9 Å². The predicted octanol–water partition coefficient (Wildman–Crippen LogP) is 1.77. The van der Waals surface area contributed by atoms with Crippen LogP contribution in [0.1, 0.15) is 40.9 Å². The van der Waals surface area contributed by atoms with E-state index in [0.717, 1.165) is 24.0 Å². The molecule has 7 nitrogen and oxygen atoms in total. The van der Waals surface area contributed by atoms with Gasteiger partial charge in [0.05, 0.1) is 12.1 Å². The van der Waals surface area contributed by atoms with Crippen LogP contribution >= 0.6 is 0 Å². The first-order chi connectivity index (χ1) is 11.8. The Labute approximate surface area is 144 Å². The number of aliphatic carboxylic acids is 1. The second-order valence-electron chi connectivity index (χ2n) is 6.65. The molecule has 0 saturated heterocycles. The molecule has 0 aliphatic heterocycles. The molecule has 1 saturated carbocycles. The molecular formula is C18H21N3O4. The van der Waals surface area contributed by atoms with Crippen LogP contribution in [0.2, 0.25) is 0 Å². The summed E-state index contributed by atoms with van der Waals surface area (Å²) in [6.45, 7) is 3.81. The van der Waals surface area contributed by atoms with Gasteiger partial charge in [-0.25, -0.2) is 4.68 Å². The highest BCUT2D eigenvalue weighted by molar-refractivity contribution is 5.92. The number of rotatable bonds is 6. The highest BCUT2D eigenvalue weighted by Crippen LogP contribution is 2.34. The van der Waals surface area contributed by atoms with Crippen molar-refractivity contribution in [3.05, 3.63) is 51.4 Å². The number of hydrogen-bond donors (Lipinski definition) is 3. The van der Waals surface area contributed by atoms with E-state index in [0.29, 0.717) is 5.69 Å². The SMILES string of the molecule is Cc1ccc(C)c(-n2[nH]c(C(=O)NC(CC(=O)O)C3CC3)cc2=O)c1. The first-order valence-corrected chi connectivity index (χ1v) is 8.27. The summed E-state index contributed by atoms with van der Waals surface area (Å²) in [7, 11) is 0. The van der Waals surface area contributed by atoms with Gasteiger partial charge in [-0.1, -0.05) is 12.1 Å². The number of nitrogens with zero attached hydrogens (tertiary/aromatic N) is 1. The predicted molar refractivity (Wildman–Crippen MR) is 92.1 cm³/mol. The Bertz CT molecular complexity index is 877. The van der Waals surface area contributed by atoms with Crippen LogP contribution in [0.4, 0.5) is 0 Å². The molecule has 1 aliphatic carbocycles. The van der Waals surface area contributed by atoms with Gasteiger partial charge in [0.1, 0.15) is 5.69 Å². The lowest BCUT2D eigenvalue weighted by Crippen LogP contribution is -2.38. The van der Waals surface area contributed by atoms with Gasteiger partial charge in [0.2, 0.25) is 0 Å². The molecule has 0 bridgehead atoms. The number of aromatic amines is 1. The molecule has 0 radical (unpaired) electrons. The lowest BCUT2D eigenvalue weighted by Gasteiger charge is -2.15. The van der Waals surface area contributed by atoms with Crippen LogP contribution in [-0.4, -0.2) is 32.8 Å². The summed E-state index contributed by atoms with van der Waals surface area (Å²) < 4.78 is 1.33. The average Bonchev–Trinajstić information content (AvgIpc) is 3.31. The van der Waals surface area contributed by atoms with Crippen molar-refractivity contribution >= 4 is 11.9 Å². The van der Waals surface area contributed by atoms with Crippen molar-refractivity contribution in [1.29, 1.82) is 0 Å². The average molecular weight is 343 g/mol. The molecule has 1 aliphatic rings. The maximum absolute atomic E-state index is 12.4. The Morgan fingerprint density at radius 3 is 2.68 bits per heavy atom. The molecule has 1 atom stereocenters. The fourth-order valence-electron chi connectivity index (χ4n) is 2.92. The number of H-pyrrole nitrogens is 1. The molecule has 132 valence electrons. The zero-order chi connectivity index (χ0) is 18.1. The topological polar surface area (TPSA) is 104 Å². The van der Waals surface area contributed by atoms with Crippen LogP contribution in [0.15, 0.2) is 29.1 Å². The maximum atomic E-state index is 12.4. The van der Waals surface area contributed by atoms with Crippen molar-refractivity contribution in [3.8, 4) is 5.69 Å². The molecule has 1 fully saturated rings. The number of aromatic nitrogens is 2. The van der Waals surface area contributed by atoms with Gasteiger partial charge < -0.3 is 10.4 Å². The monoisotopic (exact) mass is 343 g/mol. The summed E-state index contributed by atoms with van der Waals surface area (Å²) >= 11 is 0. The van der Waals surface area contributed by atoms with Crippen LogP contribution in [0.5, 0.6) is 0 Å². The Morgan fingerprint density at radius 1 is 1.32 bits per heavy atom. The Kier molecular flexibility index (Phi) is 4.48. The molecule has 1 aromatic carbocycles. The number of nitrogens with one attached hydrogen (secondary N) is 2. The number of amides is 1. The summed E-state index contributed by atoms with van der Waals surface area (Å²) in [4.78, 5) is 35.7.